The second kappa shape index (κ2) is 7.00. The minimum atomic E-state index is -3.88. The Morgan fingerprint density at radius 2 is 1.75 bits per heavy atom. The highest BCUT2D eigenvalue weighted by Gasteiger charge is 2.33. The summed E-state index contributed by atoms with van der Waals surface area (Å²) in [5, 5.41) is 9.59. The number of rotatable bonds is 6. The second-order valence-corrected chi connectivity index (χ2v) is 7.38. The van der Waals surface area contributed by atoms with Gasteiger partial charge < -0.3 is 5.11 Å². The van der Waals surface area contributed by atoms with Crippen molar-refractivity contribution in [3.8, 4) is 0 Å². The fourth-order valence-corrected chi connectivity index (χ4v) is 3.64. The molecule has 0 radical (unpaired) electrons. The van der Waals surface area contributed by atoms with Gasteiger partial charge in [-0.2, -0.15) is 0 Å². The van der Waals surface area contributed by atoms with E-state index in [0.717, 1.165) is 33.8 Å². The average molecular weight is 351 g/mol. The Morgan fingerprint density at radius 1 is 1.17 bits per heavy atom. The number of aryl methyl sites for hydroxylation is 1. The van der Waals surface area contributed by atoms with E-state index in [-0.39, 0.29) is 12.1 Å². The smallest absolute Gasteiger partial charge is 0.327 e. The molecular formula is C17H18FNO4S. The van der Waals surface area contributed by atoms with Crippen LogP contribution in [0.3, 0.4) is 0 Å². The van der Waals surface area contributed by atoms with Crippen molar-refractivity contribution in [1.29, 1.82) is 0 Å². The number of carboxylic acids is 1. The van der Waals surface area contributed by atoms with Gasteiger partial charge in [0, 0.05) is 6.42 Å². The van der Waals surface area contributed by atoms with E-state index in [2.05, 4.69) is 0 Å². The summed E-state index contributed by atoms with van der Waals surface area (Å²) >= 11 is 0. The lowest BCUT2D eigenvalue weighted by atomic mass is 10.0. The number of halogens is 1. The highest BCUT2D eigenvalue weighted by molar-refractivity contribution is 7.92. The number of hydrogen-bond donors (Lipinski definition) is 1. The number of nitrogens with zero attached hydrogens (tertiary/aromatic N) is 1. The molecule has 1 atom stereocenters. The molecule has 0 aromatic heterocycles. The molecule has 0 amide bonds. The van der Waals surface area contributed by atoms with Gasteiger partial charge in [0.1, 0.15) is 11.9 Å². The van der Waals surface area contributed by atoms with E-state index in [1.54, 1.807) is 12.1 Å². The third-order valence-corrected chi connectivity index (χ3v) is 4.86. The molecule has 0 fully saturated rings. The van der Waals surface area contributed by atoms with Crippen molar-refractivity contribution in [3.63, 3.8) is 0 Å². The van der Waals surface area contributed by atoms with Gasteiger partial charge in [0.2, 0.25) is 10.0 Å². The molecule has 2 aromatic rings. The zero-order chi connectivity index (χ0) is 17.9. The number of aliphatic carboxylic acids is 1. The molecule has 0 heterocycles. The molecule has 2 aromatic carbocycles. The molecule has 0 aliphatic rings. The second-order valence-electron chi connectivity index (χ2n) is 5.52. The summed E-state index contributed by atoms with van der Waals surface area (Å²) in [6, 6.07) is 10.6. The van der Waals surface area contributed by atoms with Crippen LogP contribution in [0.1, 0.15) is 11.1 Å². The lowest BCUT2D eigenvalue weighted by Crippen LogP contribution is -2.46. The first-order valence-corrected chi connectivity index (χ1v) is 9.07. The molecule has 0 bridgehead atoms. The normalized spacial score (nSPS) is 12.6. The van der Waals surface area contributed by atoms with Crippen molar-refractivity contribution < 1.29 is 22.7 Å². The first-order chi connectivity index (χ1) is 11.2. The van der Waals surface area contributed by atoms with Gasteiger partial charge in [0.15, 0.2) is 0 Å². The summed E-state index contributed by atoms with van der Waals surface area (Å²) in [5.74, 6) is -1.80. The van der Waals surface area contributed by atoms with Gasteiger partial charge in [-0.3, -0.25) is 4.31 Å². The fraction of sp³-hybridized carbons (Fsp3) is 0.235. The summed E-state index contributed by atoms with van der Waals surface area (Å²) in [4.78, 5) is 11.8. The maximum absolute atomic E-state index is 13.1. The maximum atomic E-state index is 13.1. The minimum absolute atomic E-state index is 0.00640. The Bertz CT molecular complexity index is 834. The van der Waals surface area contributed by atoms with Crippen LogP contribution in [0.25, 0.3) is 0 Å². The van der Waals surface area contributed by atoms with Crippen molar-refractivity contribution in [2.24, 2.45) is 0 Å². The summed E-state index contributed by atoms with van der Waals surface area (Å²) in [5.41, 5.74) is 1.72. The number of carboxylic acid groups (broad SMARTS) is 1. The Labute approximate surface area is 140 Å². The van der Waals surface area contributed by atoms with Crippen molar-refractivity contribution in [2.45, 2.75) is 19.4 Å². The average Bonchev–Trinajstić information content (AvgIpc) is 2.49. The van der Waals surface area contributed by atoms with Crippen molar-refractivity contribution in [2.75, 3.05) is 10.6 Å². The predicted octanol–water partition coefficient (Wildman–Crippen LogP) is 2.60. The molecule has 128 valence electrons. The molecule has 24 heavy (non-hydrogen) atoms. The predicted molar refractivity (Wildman–Crippen MR) is 90.0 cm³/mol. The molecule has 0 spiro atoms. The maximum Gasteiger partial charge on any atom is 0.327 e. The Morgan fingerprint density at radius 3 is 2.25 bits per heavy atom. The van der Waals surface area contributed by atoms with Gasteiger partial charge in [-0.25, -0.2) is 17.6 Å². The molecular weight excluding hydrogens is 333 g/mol. The number of hydrogen-bond acceptors (Lipinski definition) is 3. The molecule has 0 saturated carbocycles. The highest BCUT2D eigenvalue weighted by atomic mass is 32.2. The van der Waals surface area contributed by atoms with Gasteiger partial charge in [-0.15, -0.1) is 0 Å². The molecule has 5 nitrogen and oxygen atoms in total. The standard InChI is InChI=1S/C17H18FNO4S/c1-12-5-3-4-6-13(12)11-16(17(20)21)19(24(2,22)23)15-9-7-14(18)8-10-15/h3-10,16H,11H2,1-2H3,(H,20,21)/t16-/m0/s1. The van der Waals surface area contributed by atoms with Crippen molar-refractivity contribution >= 4 is 21.7 Å². The van der Waals surface area contributed by atoms with E-state index in [9.17, 15) is 22.7 Å². The van der Waals surface area contributed by atoms with Crippen LogP contribution in [0.15, 0.2) is 48.5 Å². The Balaban J connectivity index is 2.49. The van der Waals surface area contributed by atoms with Crippen molar-refractivity contribution in [3.05, 3.63) is 65.5 Å². The monoisotopic (exact) mass is 351 g/mol. The van der Waals surface area contributed by atoms with Crippen molar-refractivity contribution in [1.82, 2.24) is 0 Å². The van der Waals surface area contributed by atoms with E-state index in [0.29, 0.717) is 0 Å². The summed E-state index contributed by atoms with van der Waals surface area (Å²) in [7, 11) is -3.88. The molecule has 0 unspecified atom stereocenters. The number of carbonyl (C=O) groups is 1. The van der Waals surface area contributed by atoms with Crippen LogP contribution in [-0.4, -0.2) is 31.8 Å². The van der Waals surface area contributed by atoms with Gasteiger partial charge in [0.25, 0.3) is 0 Å². The summed E-state index contributed by atoms with van der Waals surface area (Å²) in [6.07, 6.45) is 0.941. The van der Waals surface area contributed by atoms with Crippen LogP contribution < -0.4 is 4.31 Å². The van der Waals surface area contributed by atoms with Crippen LogP contribution in [0.5, 0.6) is 0 Å². The third-order valence-electron chi connectivity index (χ3n) is 3.68. The Hall–Kier alpha value is -2.41. The van der Waals surface area contributed by atoms with Gasteiger partial charge in [-0.05, 0) is 42.3 Å². The highest BCUT2D eigenvalue weighted by Crippen LogP contribution is 2.24. The topological polar surface area (TPSA) is 74.7 Å². The van der Waals surface area contributed by atoms with Crippen LogP contribution in [0, 0.1) is 12.7 Å². The summed E-state index contributed by atoms with van der Waals surface area (Å²) < 4.78 is 38.4. The van der Waals surface area contributed by atoms with E-state index in [1.165, 1.54) is 12.1 Å². The van der Waals surface area contributed by atoms with Gasteiger partial charge in [-0.1, -0.05) is 24.3 Å². The van der Waals surface area contributed by atoms with Gasteiger partial charge >= 0.3 is 5.97 Å². The third kappa shape index (κ3) is 4.11. The number of benzene rings is 2. The number of sulfonamides is 1. The summed E-state index contributed by atoms with van der Waals surface area (Å²) in [6.45, 7) is 1.83. The first-order valence-electron chi connectivity index (χ1n) is 7.22. The minimum Gasteiger partial charge on any atom is -0.480 e. The van der Waals surface area contributed by atoms with Crippen LogP contribution in [0.2, 0.25) is 0 Å². The molecule has 2 rings (SSSR count). The molecule has 1 N–H and O–H groups in total. The van der Waals surface area contributed by atoms with E-state index in [1.807, 2.05) is 19.1 Å². The molecule has 7 heteroatoms. The Kier molecular flexibility index (Phi) is 5.23. The zero-order valence-electron chi connectivity index (χ0n) is 13.3. The first kappa shape index (κ1) is 17.9. The van der Waals surface area contributed by atoms with Crippen LogP contribution in [-0.2, 0) is 21.2 Å². The number of anilines is 1. The van der Waals surface area contributed by atoms with Crippen LogP contribution >= 0.6 is 0 Å². The van der Waals surface area contributed by atoms with Gasteiger partial charge in [0.05, 0.1) is 11.9 Å². The lowest BCUT2D eigenvalue weighted by Gasteiger charge is -2.29. The van der Waals surface area contributed by atoms with E-state index in [4.69, 9.17) is 0 Å². The SMILES string of the molecule is Cc1ccccc1C[C@@H](C(=O)O)N(c1ccc(F)cc1)S(C)(=O)=O. The van der Waals surface area contributed by atoms with Crippen LogP contribution in [0.4, 0.5) is 10.1 Å². The molecule has 0 aliphatic heterocycles. The quantitative estimate of drug-likeness (QED) is 0.868. The zero-order valence-corrected chi connectivity index (χ0v) is 14.1. The van der Waals surface area contributed by atoms with E-state index < -0.39 is 27.9 Å². The fourth-order valence-electron chi connectivity index (χ4n) is 2.51. The largest absolute Gasteiger partial charge is 0.480 e. The molecule has 0 saturated heterocycles. The molecule has 0 aliphatic carbocycles. The van der Waals surface area contributed by atoms with E-state index >= 15 is 0 Å². The lowest BCUT2D eigenvalue weighted by molar-refractivity contribution is -0.138.